The average molecular weight is 395 g/mol. The number of para-hydroxylation sites is 1. The molecule has 1 saturated heterocycles. The summed E-state index contributed by atoms with van der Waals surface area (Å²) in [5.74, 6) is 1.57. The Balaban J connectivity index is 1.37. The second kappa shape index (κ2) is 8.43. The number of rotatable bonds is 5. The van der Waals surface area contributed by atoms with Crippen LogP contribution in [0.5, 0.6) is 11.5 Å². The Morgan fingerprint density at radius 3 is 2.90 bits per heavy atom. The maximum atomic E-state index is 12.4. The van der Waals surface area contributed by atoms with Crippen LogP contribution in [0.3, 0.4) is 0 Å². The zero-order valence-corrected chi connectivity index (χ0v) is 16.4. The summed E-state index contributed by atoms with van der Waals surface area (Å²) in [6, 6.07) is 12.9. The highest BCUT2D eigenvalue weighted by Crippen LogP contribution is 2.33. The molecule has 2 aliphatic rings. The Kier molecular flexibility index (Phi) is 5.55. The number of benzene rings is 2. The van der Waals surface area contributed by atoms with E-state index in [0.717, 1.165) is 30.6 Å². The highest BCUT2D eigenvalue weighted by Gasteiger charge is 2.24. The molecular formula is C22H25N3O4. The number of fused-ring (bicyclic) bond motifs is 1. The number of amides is 3. The zero-order valence-electron chi connectivity index (χ0n) is 16.4. The Bertz CT molecular complexity index is 890. The lowest BCUT2D eigenvalue weighted by atomic mass is 10.1. The minimum absolute atomic E-state index is 0.0736. The van der Waals surface area contributed by atoms with E-state index in [0.29, 0.717) is 36.6 Å². The molecule has 29 heavy (non-hydrogen) atoms. The van der Waals surface area contributed by atoms with E-state index in [1.165, 1.54) is 0 Å². The molecule has 1 atom stereocenters. The smallest absolute Gasteiger partial charge is 0.319 e. The van der Waals surface area contributed by atoms with Gasteiger partial charge in [-0.25, -0.2) is 4.79 Å². The van der Waals surface area contributed by atoms with Crippen LogP contribution in [-0.4, -0.2) is 38.2 Å². The molecule has 0 unspecified atom stereocenters. The van der Waals surface area contributed by atoms with Crippen molar-refractivity contribution in [2.45, 2.75) is 31.8 Å². The van der Waals surface area contributed by atoms with Crippen molar-refractivity contribution in [3.63, 3.8) is 0 Å². The third kappa shape index (κ3) is 4.29. The molecule has 2 heterocycles. The molecule has 1 fully saturated rings. The number of nitrogens with one attached hydrogen (secondary N) is 2. The summed E-state index contributed by atoms with van der Waals surface area (Å²) < 4.78 is 11.3. The number of nitrogens with zero attached hydrogens (tertiary/aromatic N) is 1. The number of urea groups is 1. The molecular weight excluding hydrogens is 370 g/mol. The first-order valence-electron chi connectivity index (χ1n) is 9.92. The first-order chi connectivity index (χ1) is 14.1. The van der Waals surface area contributed by atoms with Crippen LogP contribution in [0.1, 0.15) is 24.8 Å². The number of carbonyl (C=O) groups excluding carboxylic acids is 2. The first kappa shape index (κ1) is 19.1. The lowest BCUT2D eigenvalue weighted by Gasteiger charge is -2.28. The van der Waals surface area contributed by atoms with E-state index in [9.17, 15) is 9.59 Å². The third-order valence-electron chi connectivity index (χ3n) is 5.26. The van der Waals surface area contributed by atoms with Crippen LogP contribution in [0.15, 0.2) is 42.5 Å². The molecule has 4 rings (SSSR count). The van der Waals surface area contributed by atoms with Gasteiger partial charge in [-0.3, -0.25) is 4.79 Å². The van der Waals surface area contributed by atoms with Crippen molar-refractivity contribution in [3.05, 3.63) is 48.0 Å². The molecule has 7 nitrogen and oxygen atoms in total. The predicted octanol–water partition coefficient (Wildman–Crippen LogP) is 3.34. The second-order valence-corrected chi connectivity index (χ2v) is 7.28. The van der Waals surface area contributed by atoms with E-state index in [-0.39, 0.29) is 18.0 Å². The van der Waals surface area contributed by atoms with Gasteiger partial charge in [-0.15, -0.1) is 0 Å². The highest BCUT2D eigenvalue weighted by molar-refractivity contribution is 5.97. The Morgan fingerprint density at radius 1 is 1.24 bits per heavy atom. The minimum Gasteiger partial charge on any atom is -0.495 e. The molecule has 0 aromatic heterocycles. The third-order valence-corrected chi connectivity index (χ3v) is 5.26. The summed E-state index contributed by atoms with van der Waals surface area (Å²) in [6.07, 6.45) is 3.10. The van der Waals surface area contributed by atoms with Crippen molar-refractivity contribution >= 4 is 23.3 Å². The number of piperidine rings is 1. The van der Waals surface area contributed by atoms with E-state index in [2.05, 4.69) is 10.6 Å². The van der Waals surface area contributed by atoms with Gasteiger partial charge < -0.3 is 25.0 Å². The molecule has 3 amide bonds. The molecule has 0 spiro atoms. The van der Waals surface area contributed by atoms with Crippen molar-refractivity contribution in [2.24, 2.45) is 0 Å². The van der Waals surface area contributed by atoms with Crippen molar-refractivity contribution in [2.75, 3.05) is 30.4 Å². The maximum Gasteiger partial charge on any atom is 0.319 e. The Hall–Kier alpha value is -3.22. The van der Waals surface area contributed by atoms with Gasteiger partial charge in [0, 0.05) is 25.1 Å². The van der Waals surface area contributed by atoms with Gasteiger partial charge in [-0.2, -0.15) is 0 Å². The Morgan fingerprint density at radius 2 is 2.10 bits per heavy atom. The van der Waals surface area contributed by atoms with Crippen molar-refractivity contribution in [3.8, 4) is 11.5 Å². The highest BCUT2D eigenvalue weighted by atomic mass is 16.5. The standard InChI is InChI=1S/C22H25N3O4/c1-28-20-10-9-16(13-18(20)25-11-5-4-8-21(25)26)24-22(27)23-14-17-12-15-6-2-3-7-19(15)29-17/h2-3,6-7,9-10,13,17H,4-5,8,11-12,14H2,1H3,(H2,23,24,27)/t17-/m1/s1. The van der Waals surface area contributed by atoms with E-state index in [1.807, 2.05) is 24.3 Å². The normalized spacial score (nSPS) is 18.0. The lowest BCUT2D eigenvalue weighted by molar-refractivity contribution is -0.119. The van der Waals surface area contributed by atoms with Crippen LogP contribution in [-0.2, 0) is 11.2 Å². The van der Waals surface area contributed by atoms with E-state index >= 15 is 0 Å². The van der Waals surface area contributed by atoms with Gasteiger partial charge in [-0.05, 0) is 42.7 Å². The topological polar surface area (TPSA) is 79.9 Å². The van der Waals surface area contributed by atoms with Gasteiger partial charge in [-0.1, -0.05) is 18.2 Å². The van der Waals surface area contributed by atoms with Crippen LogP contribution < -0.4 is 25.0 Å². The first-order valence-corrected chi connectivity index (χ1v) is 9.92. The van der Waals surface area contributed by atoms with E-state index in [1.54, 1.807) is 30.2 Å². The zero-order chi connectivity index (χ0) is 20.2. The fourth-order valence-corrected chi connectivity index (χ4v) is 3.79. The molecule has 152 valence electrons. The van der Waals surface area contributed by atoms with Crippen LogP contribution in [0, 0.1) is 0 Å². The maximum absolute atomic E-state index is 12.4. The quantitative estimate of drug-likeness (QED) is 0.814. The molecule has 0 saturated carbocycles. The van der Waals surface area contributed by atoms with Gasteiger partial charge in [0.05, 0.1) is 19.3 Å². The second-order valence-electron chi connectivity index (χ2n) is 7.28. The summed E-state index contributed by atoms with van der Waals surface area (Å²) in [5, 5.41) is 5.69. The molecule has 2 aliphatic heterocycles. The predicted molar refractivity (Wildman–Crippen MR) is 111 cm³/mol. The van der Waals surface area contributed by atoms with Crippen LogP contribution in [0.2, 0.25) is 0 Å². The number of carbonyl (C=O) groups is 2. The van der Waals surface area contributed by atoms with Gasteiger partial charge in [0.1, 0.15) is 17.6 Å². The molecule has 0 bridgehead atoms. The summed E-state index contributed by atoms with van der Waals surface area (Å²) in [7, 11) is 1.58. The van der Waals surface area contributed by atoms with E-state index in [4.69, 9.17) is 9.47 Å². The summed E-state index contributed by atoms with van der Waals surface area (Å²) in [4.78, 5) is 26.4. The summed E-state index contributed by atoms with van der Waals surface area (Å²) in [6.45, 7) is 1.07. The van der Waals surface area contributed by atoms with Crippen LogP contribution in [0.25, 0.3) is 0 Å². The number of ether oxygens (including phenoxy) is 2. The van der Waals surface area contributed by atoms with Gasteiger partial charge >= 0.3 is 6.03 Å². The fourth-order valence-electron chi connectivity index (χ4n) is 3.79. The van der Waals surface area contributed by atoms with Gasteiger partial charge in [0.15, 0.2) is 0 Å². The molecule has 7 heteroatoms. The van der Waals surface area contributed by atoms with Gasteiger partial charge in [0.2, 0.25) is 5.91 Å². The summed E-state index contributed by atoms with van der Waals surface area (Å²) in [5.41, 5.74) is 2.45. The minimum atomic E-state index is -0.314. The van der Waals surface area contributed by atoms with Crippen molar-refractivity contribution in [1.82, 2.24) is 5.32 Å². The number of hydrogen-bond donors (Lipinski definition) is 2. The van der Waals surface area contributed by atoms with Gasteiger partial charge in [0.25, 0.3) is 0 Å². The number of methoxy groups -OCH3 is 1. The fraction of sp³-hybridized carbons (Fsp3) is 0.364. The van der Waals surface area contributed by atoms with Crippen molar-refractivity contribution in [1.29, 1.82) is 0 Å². The molecule has 0 aliphatic carbocycles. The lowest BCUT2D eigenvalue weighted by Crippen LogP contribution is -2.37. The monoisotopic (exact) mass is 395 g/mol. The Labute approximate surface area is 170 Å². The van der Waals surface area contributed by atoms with Crippen LogP contribution >= 0.6 is 0 Å². The largest absolute Gasteiger partial charge is 0.495 e. The summed E-state index contributed by atoms with van der Waals surface area (Å²) >= 11 is 0. The molecule has 2 aromatic rings. The average Bonchev–Trinajstić information content (AvgIpc) is 3.16. The number of anilines is 2. The van der Waals surface area contributed by atoms with Crippen LogP contribution in [0.4, 0.5) is 16.2 Å². The molecule has 2 N–H and O–H groups in total. The van der Waals surface area contributed by atoms with E-state index < -0.39 is 0 Å². The number of hydrogen-bond acceptors (Lipinski definition) is 4. The SMILES string of the molecule is COc1ccc(NC(=O)NC[C@H]2Cc3ccccc3O2)cc1N1CCCCC1=O. The van der Waals surface area contributed by atoms with Crippen molar-refractivity contribution < 1.29 is 19.1 Å². The molecule has 2 aromatic carbocycles. The molecule has 0 radical (unpaired) electrons.